The number of rotatable bonds is 5. The molecule has 0 bridgehead atoms. The van der Waals surface area contributed by atoms with Gasteiger partial charge in [-0.2, -0.15) is 9.57 Å². The van der Waals surface area contributed by atoms with Crippen LogP contribution in [0.3, 0.4) is 0 Å². The average Bonchev–Trinajstić information content (AvgIpc) is 2.64. The maximum absolute atomic E-state index is 12.5. The van der Waals surface area contributed by atoms with E-state index in [1.807, 2.05) is 6.07 Å². The number of hydrogen-bond acceptors (Lipinski definition) is 4. The van der Waals surface area contributed by atoms with Crippen LogP contribution >= 0.6 is 0 Å². The second-order valence-electron chi connectivity index (χ2n) is 4.70. The highest BCUT2D eigenvalue weighted by Crippen LogP contribution is 2.26. The van der Waals surface area contributed by atoms with E-state index in [-0.39, 0.29) is 28.4 Å². The number of hydrogen-bond donors (Lipinski definition) is 2. The van der Waals surface area contributed by atoms with Crippen molar-refractivity contribution in [2.24, 2.45) is 5.92 Å². The molecule has 2 N–H and O–H groups in total. The van der Waals surface area contributed by atoms with E-state index in [4.69, 9.17) is 10.4 Å². The Labute approximate surface area is 117 Å². The van der Waals surface area contributed by atoms with Crippen LogP contribution in [-0.2, 0) is 10.0 Å². The molecule has 0 spiro atoms. The second kappa shape index (κ2) is 5.64. The first-order valence-electron chi connectivity index (χ1n) is 5.91. The zero-order valence-electron chi connectivity index (χ0n) is 11.8. The number of aromatic carboxylic acids is 1. The molecule has 0 aromatic carbocycles. The first-order valence-corrected chi connectivity index (χ1v) is 7.35. The van der Waals surface area contributed by atoms with Gasteiger partial charge in [-0.3, -0.25) is 0 Å². The highest BCUT2D eigenvalue weighted by atomic mass is 32.2. The Hall–Kier alpha value is -1.85. The lowest BCUT2D eigenvalue weighted by molar-refractivity contribution is 0.0690. The molecule has 20 heavy (non-hydrogen) atoms. The van der Waals surface area contributed by atoms with Crippen LogP contribution in [-0.4, -0.2) is 42.4 Å². The van der Waals surface area contributed by atoms with Crippen molar-refractivity contribution in [2.75, 3.05) is 13.6 Å². The average molecular weight is 299 g/mol. The monoisotopic (exact) mass is 299 g/mol. The minimum Gasteiger partial charge on any atom is -0.477 e. The fraction of sp³-hybridized carbons (Fsp3) is 0.500. The Morgan fingerprint density at radius 2 is 2.05 bits per heavy atom. The number of nitrogens with zero attached hydrogens (tertiary/aromatic N) is 2. The molecule has 1 aromatic rings. The molecule has 1 heterocycles. The SMILES string of the molecule is Cc1[nH]c(C(=O)O)c(C)c1S(=O)(=O)N(C)CC(C)C#N. The second-order valence-corrected chi connectivity index (χ2v) is 6.68. The van der Waals surface area contributed by atoms with E-state index >= 15 is 0 Å². The molecule has 0 fully saturated rings. The highest BCUT2D eigenvalue weighted by Gasteiger charge is 2.30. The van der Waals surface area contributed by atoms with Crippen molar-refractivity contribution in [3.63, 3.8) is 0 Å². The van der Waals surface area contributed by atoms with Gasteiger partial charge in [0.05, 0.1) is 12.0 Å². The Balaban J connectivity index is 3.30. The maximum Gasteiger partial charge on any atom is 0.352 e. The van der Waals surface area contributed by atoms with Gasteiger partial charge >= 0.3 is 5.97 Å². The summed E-state index contributed by atoms with van der Waals surface area (Å²) in [5.41, 5.74) is 0.311. The number of nitrogens with one attached hydrogen (secondary N) is 1. The standard InChI is InChI=1S/C12H17N3O4S/c1-7(5-13)6-15(4)20(18,19)11-8(2)10(12(16)17)14-9(11)3/h7,14H,6H2,1-4H3,(H,16,17). The van der Waals surface area contributed by atoms with Crippen LogP contribution in [0.1, 0.15) is 28.7 Å². The Kier molecular flexibility index (Phi) is 4.57. The molecule has 0 saturated carbocycles. The Bertz CT molecular complexity index is 670. The van der Waals surface area contributed by atoms with Gasteiger partial charge in [-0.1, -0.05) is 0 Å². The molecule has 110 valence electrons. The molecule has 1 atom stereocenters. The number of aromatic nitrogens is 1. The first kappa shape index (κ1) is 16.2. The normalized spacial score (nSPS) is 13.2. The zero-order chi connectivity index (χ0) is 15.7. The number of carboxylic acids is 1. The third kappa shape index (κ3) is 2.84. The molecular weight excluding hydrogens is 282 g/mol. The van der Waals surface area contributed by atoms with Gasteiger partial charge < -0.3 is 10.1 Å². The molecule has 1 aromatic heterocycles. The topological polar surface area (TPSA) is 114 Å². The third-order valence-corrected chi connectivity index (χ3v) is 5.10. The van der Waals surface area contributed by atoms with E-state index in [0.717, 1.165) is 4.31 Å². The number of aryl methyl sites for hydroxylation is 1. The van der Waals surface area contributed by atoms with E-state index in [1.54, 1.807) is 6.92 Å². The van der Waals surface area contributed by atoms with Gasteiger partial charge in [0.25, 0.3) is 0 Å². The van der Waals surface area contributed by atoms with Gasteiger partial charge in [-0.25, -0.2) is 13.2 Å². The van der Waals surface area contributed by atoms with Crippen LogP contribution < -0.4 is 0 Å². The number of carboxylic acid groups (broad SMARTS) is 1. The summed E-state index contributed by atoms with van der Waals surface area (Å²) in [5.74, 6) is -1.66. The number of aromatic amines is 1. The highest BCUT2D eigenvalue weighted by molar-refractivity contribution is 7.89. The quantitative estimate of drug-likeness (QED) is 0.845. The van der Waals surface area contributed by atoms with Gasteiger partial charge in [0.2, 0.25) is 10.0 Å². The smallest absolute Gasteiger partial charge is 0.352 e. The van der Waals surface area contributed by atoms with E-state index in [0.29, 0.717) is 0 Å². The van der Waals surface area contributed by atoms with Crippen molar-refractivity contribution in [2.45, 2.75) is 25.7 Å². The summed E-state index contributed by atoms with van der Waals surface area (Å²) in [7, 11) is -2.46. The van der Waals surface area contributed by atoms with Crippen molar-refractivity contribution >= 4 is 16.0 Å². The van der Waals surface area contributed by atoms with Gasteiger partial charge in [-0.15, -0.1) is 0 Å². The molecule has 8 heteroatoms. The summed E-state index contributed by atoms with van der Waals surface area (Å²) in [4.78, 5) is 13.6. The maximum atomic E-state index is 12.5. The van der Waals surface area contributed by atoms with E-state index in [1.165, 1.54) is 20.9 Å². The third-order valence-electron chi connectivity index (χ3n) is 3.00. The Morgan fingerprint density at radius 3 is 2.45 bits per heavy atom. The van der Waals surface area contributed by atoms with Gasteiger partial charge in [0, 0.05) is 24.8 Å². The molecule has 1 rings (SSSR count). The van der Waals surface area contributed by atoms with Crippen LogP contribution in [0, 0.1) is 31.1 Å². The van der Waals surface area contributed by atoms with Crippen LogP contribution in [0.4, 0.5) is 0 Å². The number of H-pyrrole nitrogens is 1. The minimum absolute atomic E-state index is 0.0393. The lowest BCUT2D eigenvalue weighted by Gasteiger charge is -2.18. The molecule has 0 saturated heterocycles. The molecule has 0 amide bonds. The molecule has 0 aliphatic rings. The number of nitriles is 1. The van der Waals surface area contributed by atoms with Gasteiger partial charge in [-0.05, 0) is 20.8 Å². The summed E-state index contributed by atoms with van der Waals surface area (Å²) in [6.45, 7) is 4.62. The molecule has 0 aliphatic carbocycles. The summed E-state index contributed by atoms with van der Waals surface area (Å²) in [6.07, 6.45) is 0. The summed E-state index contributed by atoms with van der Waals surface area (Å²) in [5, 5.41) is 17.8. The predicted octanol–water partition coefficient (Wildman–Crippen LogP) is 1.11. The van der Waals surface area contributed by atoms with Crippen molar-refractivity contribution in [1.82, 2.24) is 9.29 Å². The molecule has 0 radical (unpaired) electrons. The van der Waals surface area contributed by atoms with E-state index in [9.17, 15) is 13.2 Å². The number of sulfonamides is 1. The van der Waals surface area contributed by atoms with Crippen LogP contribution in [0.25, 0.3) is 0 Å². The van der Waals surface area contributed by atoms with E-state index < -0.39 is 21.9 Å². The van der Waals surface area contributed by atoms with Crippen molar-refractivity contribution < 1.29 is 18.3 Å². The number of carbonyl (C=O) groups is 1. The zero-order valence-corrected chi connectivity index (χ0v) is 12.6. The molecule has 0 aliphatic heterocycles. The Morgan fingerprint density at radius 1 is 1.50 bits per heavy atom. The summed E-state index contributed by atoms with van der Waals surface area (Å²) < 4.78 is 26.0. The molecular formula is C12H17N3O4S. The van der Waals surface area contributed by atoms with Crippen LogP contribution in [0.5, 0.6) is 0 Å². The lowest BCUT2D eigenvalue weighted by atomic mass is 10.2. The molecule has 1 unspecified atom stereocenters. The van der Waals surface area contributed by atoms with Gasteiger partial charge in [0.15, 0.2) is 0 Å². The van der Waals surface area contributed by atoms with Crippen LogP contribution in [0.2, 0.25) is 0 Å². The predicted molar refractivity (Wildman–Crippen MR) is 71.8 cm³/mol. The van der Waals surface area contributed by atoms with E-state index in [2.05, 4.69) is 4.98 Å². The minimum atomic E-state index is -3.83. The summed E-state index contributed by atoms with van der Waals surface area (Å²) >= 11 is 0. The fourth-order valence-corrected chi connectivity index (χ4v) is 3.67. The van der Waals surface area contributed by atoms with Crippen molar-refractivity contribution in [3.05, 3.63) is 17.0 Å². The summed E-state index contributed by atoms with van der Waals surface area (Å²) in [6, 6.07) is 1.96. The largest absolute Gasteiger partial charge is 0.477 e. The van der Waals surface area contributed by atoms with Crippen molar-refractivity contribution in [3.8, 4) is 6.07 Å². The van der Waals surface area contributed by atoms with Crippen molar-refractivity contribution in [1.29, 1.82) is 5.26 Å². The van der Waals surface area contributed by atoms with Crippen LogP contribution in [0.15, 0.2) is 4.90 Å². The first-order chi connectivity index (χ1) is 9.12. The lowest BCUT2D eigenvalue weighted by Crippen LogP contribution is -2.31. The molecule has 7 nitrogen and oxygen atoms in total. The van der Waals surface area contributed by atoms with Gasteiger partial charge in [0.1, 0.15) is 10.6 Å². The fourth-order valence-electron chi connectivity index (χ4n) is 2.01.